The zero-order valence-corrected chi connectivity index (χ0v) is 14.0. The Morgan fingerprint density at radius 1 is 1.35 bits per heavy atom. The zero-order chi connectivity index (χ0) is 16.6. The van der Waals surface area contributed by atoms with E-state index < -0.39 is 12.0 Å². The van der Waals surface area contributed by atoms with E-state index in [2.05, 4.69) is 4.98 Å². The highest BCUT2D eigenvalue weighted by Gasteiger charge is 2.20. The molecule has 2 aromatic heterocycles. The van der Waals surface area contributed by atoms with Crippen LogP contribution in [0, 0.1) is 0 Å². The van der Waals surface area contributed by atoms with Crippen LogP contribution < -0.4 is 5.56 Å². The van der Waals surface area contributed by atoms with Crippen molar-refractivity contribution in [1.29, 1.82) is 0 Å². The Morgan fingerprint density at radius 3 is 2.70 bits per heavy atom. The summed E-state index contributed by atoms with van der Waals surface area (Å²) in [4.78, 5) is 29.4. The van der Waals surface area contributed by atoms with E-state index in [9.17, 15) is 9.59 Å². The van der Waals surface area contributed by atoms with E-state index in [4.69, 9.17) is 16.3 Å². The van der Waals surface area contributed by atoms with Crippen molar-refractivity contribution in [3.8, 4) is 11.1 Å². The summed E-state index contributed by atoms with van der Waals surface area (Å²) < 4.78 is 6.00. The number of aromatic nitrogens is 2. The van der Waals surface area contributed by atoms with Gasteiger partial charge in [0.05, 0.1) is 18.8 Å². The fraction of sp³-hybridized carbons (Fsp3) is 0.188. The summed E-state index contributed by atoms with van der Waals surface area (Å²) in [6.07, 6.45) is 1.38. The molecule has 1 aromatic carbocycles. The van der Waals surface area contributed by atoms with E-state index in [0.29, 0.717) is 15.2 Å². The van der Waals surface area contributed by atoms with Gasteiger partial charge < -0.3 is 4.74 Å². The van der Waals surface area contributed by atoms with Crippen LogP contribution in [0.1, 0.15) is 13.0 Å². The molecular weight excluding hydrogens is 336 g/mol. The molecule has 23 heavy (non-hydrogen) atoms. The molecular formula is C16H13ClN2O3S. The summed E-state index contributed by atoms with van der Waals surface area (Å²) in [5, 5.41) is 3.01. The molecule has 5 nitrogen and oxygen atoms in total. The van der Waals surface area contributed by atoms with Crippen molar-refractivity contribution >= 4 is 39.1 Å². The van der Waals surface area contributed by atoms with Crippen LogP contribution in [0.5, 0.6) is 0 Å². The number of rotatable bonds is 3. The van der Waals surface area contributed by atoms with Gasteiger partial charge in [0.15, 0.2) is 0 Å². The average molecular weight is 349 g/mol. The number of nitrogens with zero attached hydrogens (tertiary/aromatic N) is 2. The second-order valence-corrected chi connectivity index (χ2v) is 6.29. The summed E-state index contributed by atoms with van der Waals surface area (Å²) in [6, 6.07) is 6.51. The Hall–Kier alpha value is -2.18. The van der Waals surface area contributed by atoms with Crippen molar-refractivity contribution in [2.45, 2.75) is 13.0 Å². The number of carbonyl (C=O) groups excluding carboxylic acids is 1. The van der Waals surface area contributed by atoms with Crippen molar-refractivity contribution < 1.29 is 9.53 Å². The number of methoxy groups -OCH3 is 1. The normalized spacial score (nSPS) is 12.3. The SMILES string of the molecule is COC(=O)[C@H](C)n1cnc2scc(-c3ccc(Cl)cc3)c2c1=O. The molecule has 0 amide bonds. The van der Waals surface area contributed by atoms with Crippen LogP contribution in [0.25, 0.3) is 21.3 Å². The van der Waals surface area contributed by atoms with E-state index in [-0.39, 0.29) is 5.56 Å². The molecule has 3 aromatic rings. The van der Waals surface area contributed by atoms with Gasteiger partial charge in [-0.25, -0.2) is 9.78 Å². The standard InChI is InChI=1S/C16H13ClN2O3S/c1-9(16(21)22-2)19-8-18-14-13(15(19)20)12(7-23-14)10-3-5-11(17)6-4-10/h3-9H,1-2H3/t9-/m0/s1. The highest BCUT2D eigenvalue weighted by Crippen LogP contribution is 2.31. The van der Waals surface area contributed by atoms with Crippen molar-refractivity contribution in [3.05, 3.63) is 51.3 Å². The molecule has 0 saturated carbocycles. The fourth-order valence-electron chi connectivity index (χ4n) is 2.35. The Bertz CT molecular complexity index is 931. The van der Waals surface area contributed by atoms with Gasteiger partial charge in [-0.05, 0) is 24.6 Å². The lowest BCUT2D eigenvalue weighted by Crippen LogP contribution is -2.29. The minimum absolute atomic E-state index is 0.265. The number of ether oxygens (including phenoxy) is 1. The Labute approximate surface area is 141 Å². The van der Waals surface area contributed by atoms with Crippen LogP contribution in [0.3, 0.4) is 0 Å². The second kappa shape index (κ2) is 6.14. The largest absolute Gasteiger partial charge is 0.467 e. The molecule has 7 heteroatoms. The van der Waals surface area contributed by atoms with E-state index in [1.54, 1.807) is 19.1 Å². The topological polar surface area (TPSA) is 61.2 Å². The smallest absolute Gasteiger partial charge is 0.328 e. The number of hydrogen-bond donors (Lipinski definition) is 0. The van der Waals surface area contributed by atoms with Gasteiger partial charge in [0.1, 0.15) is 10.9 Å². The van der Waals surface area contributed by atoms with Crippen LogP contribution in [-0.2, 0) is 9.53 Å². The first-order valence-electron chi connectivity index (χ1n) is 6.85. The van der Waals surface area contributed by atoms with Crippen molar-refractivity contribution in [2.75, 3.05) is 7.11 Å². The van der Waals surface area contributed by atoms with E-state index in [0.717, 1.165) is 11.1 Å². The monoisotopic (exact) mass is 348 g/mol. The van der Waals surface area contributed by atoms with Crippen LogP contribution in [0.15, 0.2) is 40.8 Å². The minimum Gasteiger partial charge on any atom is -0.467 e. The third-order valence-electron chi connectivity index (χ3n) is 3.63. The first-order valence-corrected chi connectivity index (χ1v) is 8.10. The van der Waals surface area contributed by atoms with Crippen LogP contribution in [0.2, 0.25) is 5.02 Å². The third-order valence-corrected chi connectivity index (χ3v) is 4.77. The highest BCUT2D eigenvalue weighted by molar-refractivity contribution is 7.17. The van der Waals surface area contributed by atoms with Crippen LogP contribution in [0.4, 0.5) is 0 Å². The van der Waals surface area contributed by atoms with Gasteiger partial charge in [-0.2, -0.15) is 0 Å². The molecule has 0 aliphatic rings. The first kappa shape index (κ1) is 15.7. The molecule has 0 spiro atoms. The molecule has 0 aliphatic heterocycles. The zero-order valence-electron chi connectivity index (χ0n) is 12.4. The summed E-state index contributed by atoms with van der Waals surface area (Å²) >= 11 is 7.30. The van der Waals surface area contributed by atoms with Crippen LogP contribution >= 0.6 is 22.9 Å². The Kier molecular flexibility index (Phi) is 4.19. The lowest BCUT2D eigenvalue weighted by Gasteiger charge is -2.12. The van der Waals surface area contributed by atoms with Crippen molar-refractivity contribution in [3.63, 3.8) is 0 Å². The number of fused-ring (bicyclic) bond motifs is 1. The predicted molar refractivity (Wildman–Crippen MR) is 91.1 cm³/mol. The molecule has 3 rings (SSSR count). The van der Waals surface area contributed by atoms with Gasteiger partial charge in [-0.3, -0.25) is 9.36 Å². The van der Waals surface area contributed by atoms with Gasteiger partial charge >= 0.3 is 5.97 Å². The molecule has 0 aliphatic carbocycles. The van der Waals surface area contributed by atoms with Gasteiger partial charge in [-0.1, -0.05) is 23.7 Å². The molecule has 0 fully saturated rings. The van der Waals surface area contributed by atoms with Gasteiger partial charge in [0, 0.05) is 16.0 Å². The number of carbonyl (C=O) groups is 1. The van der Waals surface area contributed by atoms with Gasteiger partial charge in [0.2, 0.25) is 0 Å². The van der Waals surface area contributed by atoms with Crippen molar-refractivity contribution in [1.82, 2.24) is 9.55 Å². The molecule has 0 bridgehead atoms. The second-order valence-electron chi connectivity index (χ2n) is 4.99. The maximum absolute atomic E-state index is 12.8. The predicted octanol–water partition coefficient (Wildman–Crippen LogP) is 3.51. The molecule has 0 radical (unpaired) electrons. The molecule has 0 saturated heterocycles. The van der Waals surface area contributed by atoms with E-state index in [1.165, 1.54) is 29.3 Å². The number of esters is 1. The summed E-state index contributed by atoms with van der Waals surface area (Å²) in [6.45, 7) is 1.61. The highest BCUT2D eigenvalue weighted by atomic mass is 35.5. The molecule has 2 heterocycles. The van der Waals surface area contributed by atoms with Gasteiger partial charge in [-0.15, -0.1) is 11.3 Å². The molecule has 118 valence electrons. The number of hydrogen-bond acceptors (Lipinski definition) is 5. The lowest BCUT2D eigenvalue weighted by molar-refractivity contribution is -0.144. The molecule has 0 unspecified atom stereocenters. The first-order chi connectivity index (χ1) is 11.0. The quantitative estimate of drug-likeness (QED) is 0.679. The molecule has 1 atom stereocenters. The Balaban J connectivity index is 2.20. The van der Waals surface area contributed by atoms with Crippen LogP contribution in [-0.4, -0.2) is 22.6 Å². The Morgan fingerprint density at radius 2 is 2.04 bits per heavy atom. The van der Waals surface area contributed by atoms with Gasteiger partial charge in [0.25, 0.3) is 5.56 Å². The van der Waals surface area contributed by atoms with E-state index >= 15 is 0 Å². The summed E-state index contributed by atoms with van der Waals surface area (Å²) in [5.74, 6) is -0.489. The summed E-state index contributed by atoms with van der Waals surface area (Å²) in [7, 11) is 1.29. The minimum atomic E-state index is -0.734. The maximum Gasteiger partial charge on any atom is 0.328 e. The number of thiophene rings is 1. The average Bonchev–Trinajstić information content (AvgIpc) is 2.99. The summed E-state index contributed by atoms with van der Waals surface area (Å²) in [5.41, 5.74) is 1.40. The van der Waals surface area contributed by atoms with Crippen molar-refractivity contribution in [2.24, 2.45) is 0 Å². The third kappa shape index (κ3) is 2.75. The fourth-order valence-corrected chi connectivity index (χ4v) is 3.38. The maximum atomic E-state index is 12.8. The molecule has 0 N–H and O–H groups in total. The lowest BCUT2D eigenvalue weighted by atomic mass is 10.1. The number of benzene rings is 1. The number of halogens is 1. The van der Waals surface area contributed by atoms with E-state index in [1.807, 2.05) is 17.5 Å².